The molecule has 0 bridgehead atoms. The van der Waals surface area contributed by atoms with Gasteiger partial charge in [0.05, 0.1) is 31.8 Å². The molecule has 0 aliphatic rings. The second-order valence-electron chi connectivity index (χ2n) is 8.46. The Bertz CT molecular complexity index is 1640. The molecule has 0 spiro atoms. The lowest BCUT2D eigenvalue weighted by molar-refractivity contribution is -0.384. The van der Waals surface area contributed by atoms with Gasteiger partial charge in [-0.15, -0.1) is 11.8 Å². The van der Waals surface area contributed by atoms with Gasteiger partial charge in [-0.1, -0.05) is 29.8 Å². The standard InChI is InChI=1S/C26H24ClN5O5S2/c1-17-14-18(2)31(29-17)19-8-10-23(27)22(15-19)26(33)30-39(36,37)21-9-11-24(25(16-21)32(34)35)28-12-13-38-20-6-4-3-5-7-20/h3-11,14-16,28H,12-13H2,1-2H3,(H,30,33). The van der Waals surface area contributed by atoms with E-state index < -0.39 is 31.4 Å². The molecule has 0 fully saturated rings. The van der Waals surface area contributed by atoms with Gasteiger partial charge in [0.15, 0.2) is 0 Å². The van der Waals surface area contributed by atoms with Gasteiger partial charge in [0.25, 0.3) is 21.6 Å². The number of halogens is 1. The predicted octanol–water partition coefficient (Wildman–Crippen LogP) is 5.37. The topological polar surface area (TPSA) is 136 Å². The summed E-state index contributed by atoms with van der Waals surface area (Å²) in [6.45, 7) is 4.07. The third-order valence-corrected chi connectivity index (χ3v) is 8.25. The molecular weight excluding hydrogens is 562 g/mol. The Labute approximate surface area is 234 Å². The van der Waals surface area contributed by atoms with E-state index in [1.807, 2.05) is 55.0 Å². The molecule has 0 unspecified atom stereocenters. The summed E-state index contributed by atoms with van der Waals surface area (Å²) in [7, 11) is -4.46. The first-order valence-electron chi connectivity index (χ1n) is 11.7. The second kappa shape index (κ2) is 11.9. The highest BCUT2D eigenvalue weighted by molar-refractivity contribution is 7.99. The number of anilines is 1. The van der Waals surface area contributed by atoms with Crippen LogP contribution in [0.5, 0.6) is 0 Å². The SMILES string of the molecule is Cc1cc(C)n(-c2ccc(Cl)c(C(=O)NS(=O)(=O)c3ccc(NCCSc4ccccc4)c([N+](=O)[O-])c3)c2)n1. The number of amides is 1. The minimum Gasteiger partial charge on any atom is -0.379 e. The number of carbonyl (C=O) groups is 1. The zero-order chi connectivity index (χ0) is 28.2. The zero-order valence-electron chi connectivity index (χ0n) is 20.9. The molecule has 3 aromatic carbocycles. The van der Waals surface area contributed by atoms with Gasteiger partial charge in [-0.25, -0.2) is 17.8 Å². The smallest absolute Gasteiger partial charge is 0.293 e. The fourth-order valence-corrected chi connectivity index (χ4v) is 5.77. The second-order valence-corrected chi connectivity index (χ2v) is 11.7. The number of aromatic nitrogens is 2. The number of hydrogen-bond acceptors (Lipinski definition) is 8. The van der Waals surface area contributed by atoms with E-state index in [2.05, 4.69) is 10.4 Å². The van der Waals surface area contributed by atoms with Crippen LogP contribution in [0.3, 0.4) is 0 Å². The van der Waals surface area contributed by atoms with Crippen molar-refractivity contribution in [3.05, 3.63) is 105 Å². The molecule has 0 saturated carbocycles. The Kier molecular flexibility index (Phi) is 8.58. The van der Waals surface area contributed by atoms with Gasteiger partial charge in [-0.2, -0.15) is 5.10 Å². The summed E-state index contributed by atoms with van der Waals surface area (Å²) in [5.74, 6) is -0.347. The first-order valence-corrected chi connectivity index (χ1v) is 14.5. The number of nitro benzene ring substituents is 1. The van der Waals surface area contributed by atoms with Crippen LogP contribution in [0, 0.1) is 24.0 Å². The molecule has 0 aliphatic carbocycles. The number of nitro groups is 1. The van der Waals surface area contributed by atoms with Gasteiger partial charge >= 0.3 is 0 Å². The molecule has 0 radical (unpaired) electrons. The van der Waals surface area contributed by atoms with E-state index in [4.69, 9.17) is 11.6 Å². The van der Waals surface area contributed by atoms with E-state index in [0.717, 1.165) is 22.3 Å². The highest BCUT2D eigenvalue weighted by Gasteiger charge is 2.25. The lowest BCUT2D eigenvalue weighted by Gasteiger charge is -2.12. The lowest BCUT2D eigenvalue weighted by Crippen LogP contribution is -2.31. The van der Waals surface area contributed by atoms with Crippen molar-refractivity contribution in [3.8, 4) is 5.69 Å². The van der Waals surface area contributed by atoms with Crippen LogP contribution in [-0.2, 0) is 10.0 Å². The third kappa shape index (κ3) is 6.77. The van der Waals surface area contributed by atoms with E-state index in [0.29, 0.717) is 18.0 Å². The molecule has 2 N–H and O–H groups in total. The summed E-state index contributed by atoms with van der Waals surface area (Å²) in [4.78, 5) is 24.6. The van der Waals surface area contributed by atoms with Crippen molar-refractivity contribution in [1.29, 1.82) is 0 Å². The van der Waals surface area contributed by atoms with Crippen molar-refractivity contribution >= 4 is 50.7 Å². The molecule has 1 heterocycles. The molecule has 0 aliphatic heterocycles. The first-order chi connectivity index (χ1) is 18.5. The first kappa shape index (κ1) is 28.1. The van der Waals surface area contributed by atoms with Gasteiger partial charge in [-0.05, 0) is 62.4 Å². The van der Waals surface area contributed by atoms with E-state index in [1.165, 1.54) is 24.3 Å². The Hall–Kier alpha value is -3.87. The zero-order valence-corrected chi connectivity index (χ0v) is 23.3. The van der Waals surface area contributed by atoms with Gasteiger partial charge in [0.2, 0.25) is 0 Å². The molecule has 4 aromatic rings. The van der Waals surface area contributed by atoms with Gasteiger partial charge in [0, 0.05) is 29.0 Å². The number of thioether (sulfide) groups is 1. The van der Waals surface area contributed by atoms with Crippen molar-refractivity contribution in [2.24, 2.45) is 0 Å². The van der Waals surface area contributed by atoms with E-state index in [-0.39, 0.29) is 16.3 Å². The number of aryl methyl sites for hydroxylation is 2. The Morgan fingerprint density at radius 3 is 2.49 bits per heavy atom. The van der Waals surface area contributed by atoms with Crippen molar-refractivity contribution in [1.82, 2.24) is 14.5 Å². The molecule has 0 saturated heterocycles. The van der Waals surface area contributed by atoms with Crippen LogP contribution >= 0.6 is 23.4 Å². The number of carbonyl (C=O) groups excluding carboxylic acids is 1. The van der Waals surface area contributed by atoms with Crippen LogP contribution in [0.2, 0.25) is 5.02 Å². The van der Waals surface area contributed by atoms with E-state index >= 15 is 0 Å². The van der Waals surface area contributed by atoms with Crippen LogP contribution in [0.1, 0.15) is 21.7 Å². The van der Waals surface area contributed by atoms with Crippen LogP contribution < -0.4 is 10.0 Å². The summed E-state index contributed by atoms with van der Waals surface area (Å²) in [6.07, 6.45) is 0. The minimum atomic E-state index is -4.46. The maximum Gasteiger partial charge on any atom is 0.293 e. The number of benzene rings is 3. The summed E-state index contributed by atoms with van der Waals surface area (Å²) in [6, 6.07) is 19.5. The molecule has 13 heteroatoms. The predicted molar refractivity (Wildman–Crippen MR) is 151 cm³/mol. The highest BCUT2D eigenvalue weighted by atomic mass is 35.5. The van der Waals surface area contributed by atoms with E-state index in [9.17, 15) is 23.3 Å². The van der Waals surface area contributed by atoms with E-state index in [1.54, 1.807) is 22.5 Å². The normalized spacial score (nSPS) is 11.3. The summed E-state index contributed by atoms with van der Waals surface area (Å²) in [5, 5.41) is 19.1. The fraction of sp³-hybridized carbons (Fsp3) is 0.154. The molecule has 39 heavy (non-hydrogen) atoms. The van der Waals surface area contributed by atoms with Crippen LogP contribution in [0.4, 0.5) is 11.4 Å². The van der Waals surface area contributed by atoms with Crippen molar-refractivity contribution < 1.29 is 18.1 Å². The lowest BCUT2D eigenvalue weighted by atomic mass is 10.2. The maximum atomic E-state index is 13.0. The number of nitrogens with one attached hydrogen (secondary N) is 2. The number of sulfonamides is 1. The largest absolute Gasteiger partial charge is 0.379 e. The summed E-state index contributed by atoms with van der Waals surface area (Å²) >= 11 is 7.78. The Balaban J connectivity index is 1.50. The van der Waals surface area contributed by atoms with Gasteiger partial charge < -0.3 is 5.32 Å². The summed E-state index contributed by atoms with van der Waals surface area (Å²) in [5.41, 5.74) is 1.75. The van der Waals surface area contributed by atoms with Crippen LogP contribution in [0.25, 0.3) is 5.69 Å². The van der Waals surface area contributed by atoms with Crippen molar-refractivity contribution in [3.63, 3.8) is 0 Å². The molecule has 4 rings (SSSR count). The average Bonchev–Trinajstić information content (AvgIpc) is 3.24. The summed E-state index contributed by atoms with van der Waals surface area (Å²) < 4.78 is 29.6. The number of hydrogen-bond donors (Lipinski definition) is 2. The number of nitrogens with zero attached hydrogens (tertiary/aromatic N) is 3. The molecule has 0 atom stereocenters. The fourth-order valence-electron chi connectivity index (χ4n) is 3.80. The van der Waals surface area contributed by atoms with Crippen LogP contribution in [0.15, 0.2) is 82.6 Å². The molecular formula is C26H24ClN5O5S2. The third-order valence-electron chi connectivity index (χ3n) is 5.58. The monoisotopic (exact) mass is 585 g/mol. The molecule has 202 valence electrons. The Morgan fingerprint density at radius 1 is 1.08 bits per heavy atom. The average molecular weight is 586 g/mol. The highest BCUT2D eigenvalue weighted by Crippen LogP contribution is 2.28. The molecule has 10 nitrogen and oxygen atoms in total. The molecule has 1 amide bonds. The maximum absolute atomic E-state index is 13.0. The van der Waals surface area contributed by atoms with Gasteiger partial charge in [0.1, 0.15) is 5.69 Å². The Morgan fingerprint density at radius 2 is 1.82 bits per heavy atom. The number of rotatable bonds is 10. The minimum absolute atomic E-state index is 0.0342. The quantitative estimate of drug-likeness (QED) is 0.110. The van der Waals surface area contributed by atoms with Gasteiger partial charge in [-0.3, -0.25) is 14.9 Å². The van der Waals surface area contributed by atoms with Crippen molar-refractivity contribution in [2.45, 2.75) is 23.6 Å². The van der Waals surface area contributed by atoms with Crippen molar-refractivity contribution in [2.75, 3.05) is 17.6 Å². The molecule has 1 aromatic heterocycles. The van der Waals surface area contributed by atoms with Crippen LogP contribution in [-0.4, -0.2) is 41.3 Å².